The number of nitrogens with one attached hydrogen (secondary N) is 1. The number of carbonyl (C=O) groups is 1. The number of oxazole rings is 1. The molecule has 0 aromatic carbocycles. The lowest BCUT2D eigenvalue weighted by atomic mass is 10.1. The van der Waals surface area contributed by atoms with Gasteiger partial charge >= 0.3 is 0 Å². The molecule has 1 aliphatic rings. The van der Waals surface area contributed by atoms with E-state index < -0.39 is 10.0 Å². The Morgan fingerprint density at radius 2 is 2.13 bits per heavy atom. The predicted octanol–water partition coefficient (Wildman–Crippen LogP) is 0.434. The van der Waals surface area contributed by atoms with Gasteiger partial charge in [-0.1, -0.05) is 13.8 Å². The Labute approximate surface area is 136 Å². The van der Waals surface area contributed by atoms with Gasteiger partial charge < -0.3 is 14.5 Å². The molecule has 0 bridgehead atoms. The van der Waals surface area contributed by atoms with Gasteiger partial charge in [0.25, 0.3) is 5.91 Å². The second kappa shape index (κ2) is 6.98. The zero-order valence-corrected chi connectivity index (χ0v) is 14.6. The summed E-state index contributed by atoms with van der Waals surface area (Å²) in [5.41, 5.74) is 0.237. The van der Waals surface area contributed by atoms with Crippen molar-refractivity contribution in [1.29, 1.82) is 0 Å². The van der Waals surface area contributed by atoms with Gasteiger partial charge in [0.1, 0.15) is 5.76 Å². The van der Waals surface area contributed by atoms with Gasteiger partial charge in [0.2, 0.25) is 10.0 Å². The fraction of sp³-hybridized carbons (Fsp3) is 0.714. The quantitative estimate of drug-likeness (QED) is 0.802. The van der Waals surface area contributed by atoms with Crippen LogP contribution in [0.5, 0.6) is 0 Å². The molecule has 0 saturated carbocycles. The zero-order valence-electron chi connectivity index (χ0n) is 13.8. The first-order valence-electron chi connectivity index (χ1n) is 7.44. The minimum atomic E-state index is -3.36. The van der Waals surface area contributed by atoms with Crippen molar-refractivity contribution in [2.24, 2.45) is 5.92 Å². The third-order valence-corrected chi connectivity index (χ3v) is 5.79. The highest BCUT2D eigenvalue weighted by molar-refractivity contribution is 7.89. The number of hydrogen-bond acceptors (Lipinski definition) is 6. The Morgan fingerprint density at radius 1 is 1.43 bits per heavy atom. The maximum Gasteiger partial charge on any atom is 0.273 e. The Hall–Kier alpha value is -1.45. The van der Waals surface area contributed by atoms with E-state index in [1.54, 1.807) is 0 Å². The van der Waals surface area contributed by atoms with E-state index in [1.165, 1.54) is 24.8 Å². The van der Waals surface area contributed by atoms with Crippen LogP contribution in [0.15, 0.2) is 10.8 Å². The minimum Gasteiger partial charge on any atom is -0.447 e. The second-order valence-corrected chi connectivity index (χ2v) is 8.39. The van der Waals surface area contributed by atoms with Crippen molar-refractivity contribution in [1.82, 2.24) is 14.6 Å². The molecule has 1 aliphatic heterocycles. The summed E-state index contributed by atoms with van der Waals surface area (Å²) in [7, 11) is -0.380. The van der Waals surface area contributed by atoms with Crippen molar-refractivity contribution < 1.29 is 22.4 Å². The number of ether oxygens (including phenoxy) is 1. The van der Waals surface area contributed by atoms with Gasteiger partial charge in [-0.25, -0.2) is 17.7 Å². The van der Waals surface area contributed by atoms with Gasteiger partial charge in [-0.15, -0.1) is 0 Å². The Kier molecular flexibility index (Phi) is 5.43. The summed E-state index contributed by atoms with van der Waals surface area (Å²) < 4.78 is 35.8. The molecule has 1 amide bonds. The minimum absolute atomic E-state index is 0.0305. The van der Waals surface area contributed by atoms with Crippen LogP contribution in [-0.2, 0) is 14.8 Å². The molecule has 1 aromatic heterocycles. The lowest BCUT2D eigenvalue weighted by Crippen LogP contribution is -2.43. The van der Waals surface area contributed by atoms with Crippen molar-refractivity contribution in [2.45, 2.75) is 25.8 Å². The average Bonchev–Trinajstić information content (AvgIpc) is 3.07. The molecule has 23 heavy (non-hydrogen) atoms. The van der Waals surface area contributed by atoms with Crippen LogP contribution in [0.3, 0.4) is 0 Å². The summed E-state index contributed by atoms with van der Waals surface area (Å²) in [6.07, 6.45) is 1.24. The normalized spacial score (nSPS) is 22.0. The van der Waals surface area contributed by atoms with Crippen LogP contribution >= 0.6 is 0 Å². The van der Waals surface area contributed by atoms with Crippen LogP contribution in [0.2, 0.25) is 0 Å². The number of nitrogens with zero attached hydrogens (tertiary/aromatic N) is 2. The zero-order chi connectivity index (χ0) is 17.2. The Morgan fingerprint density at radius 3 is 2.74 bits per heavy atom. The molecule has 1 saturated heterocycles. The summed E-state index contributed by atoms with van der Waals surface area (Å²) in [5.74, 6) is -0.186. The molecular weight excluding hydrogens is 322 g/mol. The maximum absolute atomic E-state index is 12.4. The topological polar surface area (TPSA) is 102 Å². The number of rotatable bonds is 6. The molecule has 1 aromatic rings. The van der Waals surface area contributed by atoms with Crippen molar-refractivity contribution in [2.75, 3.05) is 33.1 Å². The van der Waals surface area contributed by atoms with Gasteiger partial charge in [0.15, 0.2) is 12.1 Å². The molecule has 0 unspecified atom stereocenters. The molecule has 2 rings (SSSR count). The molecular formula is C14H23N3O5S. The monoisotopic (exact) mass is 345 g/mol. The van der Waals surface area contributed by atoms with E-state index in [0.717, 1.165) is 0 Å². The molecule has 0 spiro atoms. The molecule has 2 atom stereocenters. The van der Waals surface area contributed by atoms with E-state index in [1.807, 2.05) is 13.8 Å². The first-order chi connectivity index (χ1) is 10.7. The van der Waals surface area contributed by atoms with Crippen molar-refractivity contribution in [3.05, 3.63) is 17.8 Å². The molecule has 130 valence electrons. The fourth-order valence-electron chi connectivity index (χ4n) is 2.41. The summed E-state index contributed by atoms with van der Waals surface area (Å²) in [6, 6.07) is -0.367. The van der Waals surface area contributed by atoms with E-state index in [4.69, 9.17) is 9.15 Å². The lowest BCUT2D eigenvalue weighted by Gasteiger charge is -2.20. The third-order valence-electron chi connectivity index (χ3n) is 3.83. The average molecular weight is 345 g/mol. The number of aromatic nitrogens is 1. The van der Waals surface area contributed by atoms with Gasteiger partial charge in [0.05, 0.1) is 25.0 Å². The van der Waals surface area contributed by atoms with E-state index in [-0.39, 0.29) is 41.8 Å². The van der Waals surface area contributed by atoms with E-state index in [0.29, 0.717) is 12.4 Å². The smallest absolute Gasteiger partial charge is 0.273 e. The highest BCUT2D eigenvalue weighted by Gasteiger charge is 2.35. The fourth-order valence-corrected chi connectivity index (χ4v) is 3.58. The summed E-state index contributed by atoms with van der Waals surface area (Å²) in [6.45, 7) is 4.40. The SMILES string of the molecule is CC(C)c1ocnc1C(=O)N[C@H]1COC[C@H]1CS(=O)(=O)N(C)C. The van der Waals surface area contributed by atoms with E-state index in [2.05, 4.69) is 10.3 Å². The van der Waals surface area contributed by atoms with Crippen molar-refractivity contribution in [3.8, 4) is 0 Å². The summed E-state index contributed by atoms with van der Waals surface area (Å²) in [5, 5.41) is 2.82. The standard InChI is InChI=1S/C14H23N3O5S/c1-9(2)13-12(15-8-22-13)14(18)16-11-6-21-5-10(11)7-23(19,20)17(3)4/h8-11H,5-7H2,1-4H3,(H,16,18)/t10-,11-/m0/s1. The van der Waals surface area contributed by atoms with Gasteiger partial charge in [0, 0.05) is 25.9 Å². The molecule has 9 heteroatoms. The molecule has 0 radical (unpaired) electrons. The van der Waals surface area contributed by atoms with Gasteiger partial charge in [-0.2, -0.15) is 0 Å². The molecule has 8 nitrogen and oxygen atoms in total. The second-order valence-electron chi connectivity index (χ2n) is 6.16. The van der Waals surface area contributed by atoms with E-state index in [9.17, 15) is 13.2 Å². The number of hydrogen-bond donors (Lipinski definition) is 1. The van der Waals surface area contributed by atoms with Crippen LogP contribution in [0.25, 0.3) is 0 Å². The van der Waals surface area contributed by atoms with Crippen LogP contribution < -0.4 is 5.32 Å². The van der Waals surface area contributed by atoms with Crippen molar-refractivity contribution >= 4 is 15.9 Å². The largest absolute Gasteiger partial charge is 0.447 e. The van der Waals surface area contributed by atoms with Gasteiger partial charge in [-0.05, 0) is 0 Å². The van der Waals surface area contributed by atoms with Crippen LogP contribution in [0, 0.1) is 5.92 Å². The molecule has 1 N–H and O–H groups in total. The molecule has 2 heterocycles. The molecule has 0 aliphatic carbocycles. The summed E-state index contributed by atoms with van der Waals surface area (Å²) in [4.78, 5) is 16.3. The predicted molar refractivity (Wildman–Crippen MR) is 83.6 cm³/mol. The maximum atomic E-state index is 12.4. The molecule has 1 fully saturated rings. The van der Waals surface area contributed by atoms with Crippen LogP contribution in [0.1, 0.15) is 36.0 Å². The highest BCUT2D eigenvalue weighted by atomic mass is 32.2. The third kappa shape index (κ3) is 4.10. The summed E-state index contributed by atoms with van der Waals surface area (Å²) >= 11 is 0. The highest BCUT2D eigenvalue weighted by Crippen LogP contribution is 2.21. The number of amides is 1. The number of sulfonamides is 1. The van der Waals surface area contributed by atoms with E-state index >= 15 is 0 Å². The van der Waals surface area contributed by atoms with Crippen LogP contribution in [0.4, 0.5) is 0 Å². The number of carbonyl (C=O) groups excluding carboxylic acids is 1. The Balaban J connectivity index is 2.07. The van der Waals surface area contributed by atoms with Crippen molar-refractivity contribution in [3.63, 3.8) is 0 Å². The Bertz CT molecular complexity index is 653. The lowest BCUT2D eigenvalue weighted by molar-refractivity contribution is 0.0919. The van der Waals surface area contributed by atoms with Gasteiger partial charge in [-0.3, -0.25) is 4.79 Å². The van der Waals surface area contributed by atoms with Crippen LogP contribution in [-0.4, -0.2) is 62.7 Å². The first kappa shape index (κ1) is 17.9. The first-order valence-corrected chi connectivity index (χ1v) is 9.05.